The summed E-state index contributed by atoms with van der Waals surface area (Å²) in [6.07, 6.45) is 3.73. The number of allylic oxidation sites excluding steroid dienone is 2. The third-order valence-electron chi connectivity index (χ3n) is 6.30. The van der Waals surface area contributed by atoms with Crippen molar-refractivity contribution >= 4 is 23.3 Å². The van der Waals surface area contributed by atoms with E-state index in [9.17, 15) is 24.8 Å². The Morgan fingerprint density at radius 2 is 1.43 bits per heavy atom. The van der Waals surface area contributed by atoms with Crippen LogP contribution in [0.15, 0.2) is 91.0 Å². The van der Waals surface area contributed by atoms with Gasteiger partial charge in [0.05, 0.1) is 29.6 Å². The van der Waals surface area contributed by atoms with Crippen LogP contribution in [0.25, 0.3) is 0 Å². The Morgan fingerprint density at radius 3 is 1.91 bits per heavy atom. The van der Waals surface area contributed by atoms with E-state index in [4.69, 9.17) is 4.74 Å². The average Bonchev–Trinajstić information content (AvgIpc) is 2.88. The maximum absolute atomic E-state index is 13.8. The van der Waals surface area contributed by atoms with Gasteiger partial charge in [-0.25, -0.2) is 0 Å². The van der Waals surface area contributed by atoms with Gasteiger partial charge in [0.1, 0.15) is 5.75 Å². The normalized spacial score (nSPS) is 21.2. The summed E-state index contributed by atoms with van der Waals surface area (Å²) in [6, 6.07) is 22.3. The zero-order valence-corrected chi connectivity index (χ0v) is 18.9. The lowest BCUT2D eigenvalue weighted by atomic mass is 9.66. The zero-order valence-electron chi connectivity index (χ0n) is 18.9. The molecule has 0 spiro atoms. The first kappa shape index (κ1) is 23.7. The third kappa shape index (κ3) is 4.91. The first-order valence-corrected chi connectivity index (χ1v) is 11.0. The van der Waals surface area contributed by atoms with Gasteiger partial charge in [0.15, 0.2) is 0 Å². The number of aliphatic carboxylic acids is 1. The Hall–Kier alpha value is -4.46. The van der Waals surface area contributed by atoms with E-state index in [0.717, 1.165) is 11.1 Å². The lowest BCUT2D eigenvalue weighted by Gasteiger charge is -2.37. The van der Waals surface area contributed by atoms with Crippen molar-refractivity contribution in [1.82, 2.24) is 0 Å². The minimum Gasteiger partial charge on any atom is -0.495 e. The van der Waals surface area contributed by atoms with E-state index in [2.05, 4.69) is 5.32 Å². The summed E-state index contributed by atoms with van der Waals surface area (Å²) in [5.74, 6) is -4.53. The molecule has 0 aromatic heterocycles. The number of nitrogens with zero attached hydrogens (tertiary/aromatic N) is 1. The van der Waals surface area contributed by atoms with Crippen molar-refractivity contribution in [3.05, 3.63) is 112 Å². The van der Waals surface area contributed by atoms with Crippen LogP contribution in [0.5, 0.6) is 5.75 Å². The molecule has 3 aromatic rings. The molecular weight excluding hydrogens is 448 g/mol. The van der Waals surface area contributed by atoms with E-state index in [-0.39, 0.29) is 17.1 Å². The minimum atomic E-state index is -1.10. The largest absolute Gasteiger partial charge is 0.495 e. The van der Waals surface area contributed by atoms with E-state index < -0.39 is 40.5 Å². The molecule has 178 valence electrons. The SMILES string of the molecule is COc1ccc([N+](=O)[O-])cc1NC(=O)[C@H]1[C@H](C(=O)O)[C@@H](c2ccccc2)C=C[C@H]1c1ccccc1. The quantitative estimate of drug-likeness (QED) is 0.284. The molecule has 0 heterocycles. The van der Waals surface area contributed by atoms with Crippen LogP contribution in [0.1, 0.15) is 23.0 Å². The molecule has 1 amide bonds. The molecule has 4 atom stereocenters. The molecule has 4 rings (SSSR count). The number of carbonyl (C=O) groups is 2. The van der Waals surface area contributed by atoms with Crippen molar-refractivity contribution in [2.24, 2.45) is 11.8 Å². The first-order chi connectivity index (χ1) is 16.9. The molecule has 2 N–H and O–H groups in total. The number of hydrogen-bond acceptors (Lipinski definition) is 5. The monoisotopic (exact) mass is 472 g/mol. The molecule has 0 saturated carbocycles. The molecule has 0 bridgehead atoms. The Labute approximate surface area is 202 Å². The van der Waals surface area contributed by atoms with Crippen LogP contribution in [0.4, 0.5) is 11.4 Å². The maximum Gasteiger partial charge on any atom is 0.308 e. The number of hydrogen-bond donors (Lipinski definition) is 2. The number of nitro groups is 1. The number of carboxylic acids is 1. The molecule has 1 aliphatic rings. The molecule has 35 heavy (non-hydrogen) atoms. The van der Waals surface area contributed by atoms with Gasteiger partial charge in [0, 0.05) is 24.0 Å². The van der Waals surface area contributed by atoms with E-state index in [1.807, 2.05) is 72.8 Å². The fourth-order valence-corrected chi connectivity index (χ4v) is 4.67. The number of carbonyl (C=O) groups excluding carboxylic acids is 1. The van der Waals surface area contributed by atoms with Crippen LogP contribution in [-0.4, -0.2) is 29.0 Å². The second-order valence-electron chi connectivity index (χ2n) is 8.28. The minimum absolute atomic E-state index is 0.105. The number of ether oxygens (including phenoxy) is 1. The van der Waals surface area contributed by atoms with Gasteiger partial charge in [-0.3, -0.25) is 19.7 Å². The van der Waals surface area contributed by atoms with E-state index in [1.165, 1.54) is 25.3 Å². The average molecular weight is 472 g/mol. The summed E-state index contributed by atoms with van der Waals surface area (Å²) in [5.41, 5.74) is 1.47. The predicted molar refractivity (Wildman–Crippen MR) is 130 cm³/mol. The summed E-state index contributed by atoms with van der Waals surface area (Å²) in [7, 11) is 1.39. The number of nitro benzene ring substituents is 1. The number of carboxylic acid groups (broad SMARTS) is 1. The molecule has 1 aliphatic carbocycles. The van der Waals surface area contributed by atoms with Crippen LogP contribution in [0.2, 0.25) is 0 Å². The van der Waals surface area contributed by atoms with Crippen molar-refractivity contribution < 1.29 is 24.4 Å². The lowest BCUT2D eigenvalue weighted by molar-refractivity contribution is -0.384. The van der Waals surface area contributed by atoms with E-state index >= 15 is 0 Å². The molecule has 0 aliphatic heterocycles. The number of non-ortho nitro benzene ring substituents is 1. The van der Waals surface area contributed by atoms with Gasteiger partial charge in [-0.15, -0.1) is 0 Å². The van der Waals surface area contributed by atoms with Gasteiger partial charge in [-0.05, 0) is 17.2 Å². The lowest BCUT2D eigenvalue weighted by Crippen LogP contribution is -2.42. The molecule has 8 heteroatoms. The van der Waals surface area contributed by atoms with Crippen molar-refractivity contribution in [2.75, 3.05) is 12.4 Å². The van der Waals surface area contributed by atoms with Gasteiger partial charge in [-0.1, -0.05) is 72.8 Å². The summed E-state index contributed by atoms with van der Waals surface area (Å²) in [5, 5.41) is 24.3. The molecule has 8 nitrogen and oxygen atoms in total. The first-order valence-electron chi connectivity index (χ1n) is 11.0. The van der Waals surface area contributed by atoms with Gasteiger partial charge < -0.3 is 15.2 Å². The van der Waals surface area contributed by atoms with E-state index in [1.54, 1.807) is 0 Å². The highest BCUT2D eigenvalue weighted by Crippen LogP contribution is 2.45. The second kappa shape index (κ2) is 10.2. The standard InChI is InChI=1S/C27H24N2O6/c1-35-23-15-12-19(29(33)34)16-22(23)28-26(30)24-20(17-8-4-2-5-9-17)13-14-21(25(24)27(31)32)18-10-6-3-7-11-18/h2-16,20-21,24-25H,1H3,(H,28,30)(H,31,32)/t20-,21+,24+,25+/m0/s1. The smallest absolute Gasteiger partial charge is 0.308 e. The highest BCUT2D eigenvalue weighted by Gasteiger charge is 2.46. The van der Waals surface area contributed by atoms with Gasteiger partial charge in [-0.2, -0.15) is 0 Å². The number of rotatable bonds is 7. The molecular formula is C27H24N2O6. The highest BCUT2D eigenvalue weighted by molar-refractivity contribution is 5.98. The van der Waals surface area contributed by atoms with Crippen LogP contribution in [0, 0.1) is 22.0 Å². The molecule has 0 saturated heterocycles. The van der Waals surface area contributed by atoms with Crippen LogP contribution >= 0.6 is 0 Å². The Morgan fingerprint density at radius 1 is 0.886 bits per heavy atom. The Balaban J connectivity index is 1.79. The number of methoxy groups -OCH3 is 1. The van der Waals surface area contributed by atoms with Crippen LogP contribution in [0.3, 0.4) is 0 Å². The second-order valence-corrected chi connectivity index (χ2v) is 8.28. The number of nitrogens with one attached hydrogen (secondary N) is 1. The maximum atomic E-state index is 13.8. The van der Waals surface area contributed by atoms with Gasteiger partial charge in [0.2, 0.25) is 5.91 Å². The molecule has 3 aromatic carbocycles. The molecule has 0 radical (unpaired) electrons. The van der Waals surface area contributed by atoms with Crippen molar-refractivity contribution in [1.29, 1.82) is 0 Å². The van der Waals surface area contributed by atoms with Gasteiger partial charge in [0.25, 0.3) is 5.69 Å². The number of amides is 1. The summed E-state index contributed by atoms with van der Waals surface area (Å²) < 4.78 is 5.28. The highest BCUT2D eigenvalue weighted by atomic mass is 16.6. The zero-order chi connectivity index (χ0) is 24.9. The predicted octanol–water partition coefficient (Wildman–Crippen LogP) is 5.00. The van der Waals surface area contributed by atoms with E-state index in [0.29, 0.717) is 0 Å². The van der Waals surface area contributed by atoms with Crippen molar-refractivity contribution in [3.8, 4) is 5.75 Å². The molecule has 0 fully saturated rings. The summed E-state index contributed by atoms with van der Waals surface area (Å²) in [6.45, 7) is 0. The summed E-state index contributed by atoms with van der Waals surface area (Å²) >= 11 is 0. The van der Waals surface area contributed by atoms with Crippen LogP contribution < -0.4 is 10.1 Å². The third-order valence-corrected chi connectivity index (χ3v) is 6.30. The number of anilines is 1. The van der Waals surface area contributed by atoms with Crippen molar-refractivity contribution in [3.63, 3.8) is 0 Å². The topological polar surface area (TPSA) is 119 Å². The number of benzene rings is 3. The Bertz CT molecular complexity index is 1260. The Kier molecular flexibility index (Phi) is 6.91. The molecule has 0 unspecified atom stereocenters. The fourth-order valence-electron chi connectivity index (χ4n) is 4.67. The fraction of sp³-hybridized carbons (Fsp3) is 0.185. The summed E-state index contributed by atoms with van der Waals surface area (Å²) in [4.78, 5) is 37.1. The van der Waals surface area contributed by atoms with Crippen molar-refractivity contribution in [2.45, 2.75) is 11.8 Å². The van der Waals surface area contributed by atoms with Gasteiger partial charge >= 0.3 is 5.97 Å². The van der Waals surface area contributed by atoms with Crippen LogP contribution in [-0.2, 0) is 9.59 Å².